The Bertz CT molecular complexity index is 913. The number of nitrogens with one attached hydrogen (secondary N) is 2. The first-order chi connectivity index (χ1) is 14.4. The largest absolute Gasteiger partial charge is 0.342 e. The molecule has 5 amide bonds. The van der Waals surface area contributed by atoms with E-state index in [9.17, 15) is 19.2 Å². The molecule has 8 nitrogen and oxygen atoms in total. The lowest BCUT2D eigenvalue weighted by atomic mass is 9.64. The number of anilines is 1. The SMILES string of the molecule is CC(=O)N(C)Cc1cccc(NC(=O)CN2C(=O)NC3(CC(C)CC(C)(C)C3)C2=O)c1. The highest BCUT2D eigenvalue weighted by atomic mass is 16.2. The molecule has 1 aromatic rings. The molecule has 1 aliphatic carbocycles. The highest BCUT2D eigenvalue weighted by Crippen LogP contribution is 2.46. The van der Waals surface area contributed by atoms with E-state index in [1.54, 1.807) is 30.1 Å². The number of carbonyl (C=O) groups excluding carboxylic acids is 4. The zero-order valence-corrected chi connectivity index (χ0v) is 18.9. The number of hydrogen-bond donors (Lipinski definition) is 2. The summed E-state index contributed by atoms with van der Waals surface area (Å²) in [7, 11) is 1.70. The average Bonchev–Trinajstić information content (AvgIpc) is 2.83. The summed E-state index contributed by atoms with van der Waals surface area (Å²) in [5.41, 5.74) is 0.429. The van der Waals surface area contributed by atoms with Gasteiger partial charge < -0.3 is 15.5 Å². The van der Waals surface area contributed by atoms with Crippen molar-refractivity contribution in [2.75, 3.05) is 18.9 Å². The van der Waals surface area contributed by atoms with Gasteiger partial charge in [-0.1, -0.05) is 32.9 Å². The van der Waals surface area contributed by atoms with E-state index < -0.39 is 17.5 Å². The van der Waals surface area contributed by atoms with Gasteiger partial charge in [0.25, 0.3) is 5.91 Å². The molecule has 2 unspecified atom stereocenters. The molecule has 2 N–H and O–H groups in total. The lowest BCUT2D eigenvalue weighted by Crippen LogP contribution is -2.54. The standard InChI is InChI=1S/C23H32N4O4/c1-15-10-22(3,4)14-23(11-15)20(30)27(21(31)25-23)13-19(29)24-18-8-6-7-17(9-18)12-26(5)16(2)28/h6-9,15H,10-14H2,1-5H3,(H,24,29)(H,25,31). The molecule has 8 heteroatoms. The summed E-state index contributed by atoms with van der Waals surface area (Å²) in [6.45, 7) is 7.88. The van der Waals surface area contributed by atoms with Crippen LogP contribution in [-0.2, 0) is 20.9 Å². The molecule has 0 radical (unpaired) electrons. The van der Waals surface area contributed by atoms with E-state index in [0.717, 1.165) is 16.9 Å². The first-order valence-corrected chi connectivity index (χ1v) is 10.7. The highest BCUT2D eigenvalue weighted by molar-refractivity contribution is 6.10. The lowest BCUT2D eigenvalue weighted by molar-refractivity contribution is -0.136. The molecule has 2 fully saturated rings. The quantitative estimate of drug-likeness (QED) is 0.705. The van der Waals surface area contributed by atoms with E-state index in [0.29, 0.717) is 31.0 Å². The third-order valence-electron chi connectivity index (χ3n) is 6.09. The minimum atomic E-state index is -0.921. The van der Waals surface area contributed by atoms with Crippen LogP contribution in [0.25, 0.3) is 0 Å². The van der Waals surface area contributed by atoms with E-state index in [2.05, 4.69) is 31.4 Å². The molecule has 1 heterocycles. The van der Waals surface area contributed by atoms with Crippen molar-refractivity contribution in [3.8, 4) is 0 Å². The van der Waals surface area contributed by atoms with Crippen molar-refractivity contribution in [2.45, 2.75) is 59.0 Å². The Labute approximate surface area is 183 Å². The number of benzene rings is 1. The zero-order valence-electron chi connectivity index (χ0n) is 18.9. The lowest BCUT2D eigenvalue weighted by Gasteiger charge is -2.43. The molecular weight excluding hydrogens is 396 g/mol. The van der Waals surface area contributed by atoms with Gasteiger partial charge in [0.15, 0.2) is 0 Å². The molecule has 1 saturated carbocycles. The van der Waals surface area contributed by atoms with Crippen molar-refractivity contribution >= 4 is 29.4 Å². The molecule has 0 aromatic heterocycles. The van der Waals surface area contributed by atoms with Gasteiger partial charge in [0.1, 0.15) is 12.1 Å². The molecule has 1 aromatic carbocycles. The summed E-state index contributed by atoms with van der Waals surface area (Å²) in [6, 6.07) is 6.64. The summed E-state index contributed by atoms with van der Waals surface area (Å²) in [5.74, 6) is -0.510. The summed E-state index contributed by atoms with van der Waals surface area (Å²) < 4.78 is 0. The molecule has 0 bridgehead atoms. The molecule has 168 valence electrons. The molecule has 1 spiro atoms. The average molecular weight is 429 g/mol. The van der Waals surface area contributed by atoms with Crippen molar-refractivity contribution < 1.29 is 19.2 Å². The van der Waals surface area contributed by atoms with E-state index in [4.69, 9.17) is 0 Å². The number of imide groups is 1. The van der Waals surface area contributed by atoms with Gasteiger partial charge in [0, 0.05) is 26.2 Å². The maximum Gasteiger partial charge on any atom is 0.325 e. The minimum Gasteiger partial charge on any atom is -0.342 e. The Morgan fingerprint density at radius 2 is 1.97 bits per heavy atom. The Balaban J connectivity index is 1.67. The fourth-order valence-electron chi connectivity index (χ4n) is 5.13. The van der Waals surface area contributed by atoms with Crippen LogP contribution in [0, 0.1) is 11.3 Å². The Morgan fingerprint density at radius 1 is 1.26 bits per heavy atom. The predicted octanol–water partition coefficient (Wildman–Crippen LogP) is 2.74. The molecule has 1 saturated heterocycles. The molecule has 2 atom stereocenters. The number of carbonyl (C=O) groups is 4. The minimum absolute atomic E-state index is 0.0536. The second-order valence-corrected chi connectivity index (χ2v) is 9.88. The van der Waals surface area contributed by atoms with Crippen molar-refractivity contribution in [3.63, 3.8) is 0 Å². The second kappa shape index (κ2) is 8.32. The number of rotatable bonds is 5. The van der Waals surface area contributed by atoms with Crippen LogP contribution >= 0.6 is 0 Å². The number of hydrogen-bond acceptors (Lipinski definition) is 4. The van der Waals surface area contributed by atoms with E-state index in [1.165, 1.54) is 6.92 Å². The van der Waals surface area contributed by atoms with Gasteiger partial charge in [0.05, 0.1) is 0 Å². The highest BCUT2D eigenvalue weighted by Gasteiger charge is 2.56. The van der Waals surface area contributed by atoms with Gasteiger partial charge in [-0.3, -0.25) is 19.3 Å². The first kappa shape index (κ1) is 22.8. The van der Waals surface area contributed by atoms with Gasteiger partial charge in [-0.15, -0.1) is 0 Å². The number of urea groups is 1. The number of nitrogens with zero attached hydrogens (tertiary/aromatic N) is 2. The Kier molecular flexibility index (Phi) is 6.11. The van der Waals surface area contributed by atoms with Crippen LogP contribution < -0.4 is 10.6 Å². The van der Waals surface area contributed by atoms with Gasteiger partial charge in [-0.25, -0.2) is 4.79 Å². The maximum absolute atomic E-state index is 13.2. The van der Waals surface area contributed by atoms with Crippen LogP contribution in [0.4, 0.5) is 10.5 Å². The van der Waals surface area contributed by atoms with Crippen LogP contribution in [0.2, 0.25) is 0 Å². The Morgan fingerprint density at radius 3 is 2.61 bits per heavy atom. The number of amides is 5. The first-order valence-electron chi connectivity index (χ1n) is 10.7. The van der Waals surface area contributed by atoms with Gasteiger partial charge in [0.2, 0.25) is 11.8 Å². The monoisotopic (exact) mass is 428 g/mol. The van der Waals surface area contributed by atoms with Crippen LogP contribution in [0.15, 0.2) is 24.3 Å². The normalized spacial score (nSPS) is 24.8. The third-order valence-corrected chi connectivity index (χ3v) is 6.09. The van der Waals surface area contributed by atoms with E-state index in [-0.39, 0.29) is 23.8 Å². The Hall–Kier alpha value is -2.90. The van der Waals surface area contributed by atoms with Crippen LogP contribution in [0.3, 0.4) is 0 Å². The topological polar surface area (TPSA) is 98.8 Å². The molecular formula is C23H32N4O4. The van der Waals surface area contributed by atoms with Gasteiger partial charge >= 0.3 is 6.03 Å². The van der Waals surface area contributed by atoms with Crippen molar-refractivity contribution in [2.24, 2.45) is 11.3 Å². The second-order valence-electron chi connectivity index (χ2n) is 9.88. The molecule has 3 rings (SSSR count). The summed E-state index contributed by atoms with van der Waals surface area (Å²) >= 11 is 0. The van der Waals surface area contributed by atoms with Crippen molar-refractivity contribution in [1.29, 1.82) is 0 Å². The fourth-order valence-corrected chi connectivity index (χ4v) is 5.13. The predicted molar refractivity (Wildman–Crippen MR) is 117 cm³/mol. The summed E-state index contributed by atoms with van der Waals surface area (Å²) in [4.78, 5) is 52.4. The summed E-state index contributed by atoms with van der Waals surface area (Å²) in [5, 5.41) is 5.64. The van der Waals surface area contributed by atoms with Crippen molar-refractivity contribution in [1.82, 2.24) is 15.1 Å². The van der Waals surface area contributed by atoms with E-state index in [1.807, 2.05) is 6.07 Å². The van der Waals surface area contributed by atoms with Gasteiger partial charge in [-0.2, -0.15) is 0 Å². The zero-order chi connectivity index (χ0) is 23.0. The maximum atomic E-state index is 13.2. The smallest absolute Gasteiger partial charge is 0.325 e. The van der Waals surface area contributed by atoms with Crippen LogP contribution in [0.1, 0.15) is 52.5 Å². The fraction of sp³-hybridized carbons (Fsp3) is 0.565. The molecule has 31 heavy (non-hydrogen) atoms. The van der Waals surface area contributed by atoms with Crippen LogP contribution in [-0.4, -0.2) is 52.7 Å². The molecule has 1 aliphatic heterocycles. The summed E-state index contributed by atoms with van der Waals surface area (Å²) in [6.07, 6.45) is 2.15. The third kappa shape index (κ3) is 5.06. The van der Waals surface area contributed by atoms with Crippen LogP contribution in [0.5, 0.6) is 0 Å². The van der Waals surface area contributed by atoms with E-state index >= 15 is 0 Å². The molecule has 2 aliphatic rings. The van der Waals surface area contributed by atoms with Crippen molar-refractivity contribution in [3.05, 3.63) is 29.8 Å². The van der Waals surface area contributed by atoms with Gasteiger partial charge in [-0.05, 0) is 48.3 Å².